The minimum atomic E-state index is 0.218. The van der Waals surface area contributed by atoms with Crippen LogP contribution in [0.15, 0.2) is 18.2 Å². The van der Waals surface area contributed by atoms with Gasteiger partial charge in [0, 0.05) is 0 Å². The highest BCUT2D eigenvalue weighted by Crippen LogP contribution is 2.29. The third kappa shape index (κ3) is 2.85. The first-order valence-corrected chi connectivity index (χ1v) is 6.21. The molecular weight excluding hydrogens is 194 g/mol. The SMILES string of the molecule is CCC(CN)c1cc(C(C)(C)C)ccc1C. The highest BCUT2D eigenvalue weighted by molar-refractivity contribution is 5.36. The fourth-order valence-electron chi connectivity index (χ4n) is 2.06. The summed E-state index contributed by atoms with van der Waals surface area (Å²) in [6, 6.07) is 6.81. The van der Waals surface area contributed by atoms with Gasteiger partial charge in [-0.3, -0.25) is 0 Å². The average molecular weight is 219 g/mol. The van der Waals surface area contributed by atoms with Gasteiger partial charge in [-0.2, -0.15) is 0 Å². The molecule has 1 aromatic carbocycles. The first-order valence-electron chi connectivity index (χ1n) is 6.21. The van der Waals surface area contributed by atoms with Gasteiger partial charge in [-0.25, -0.2) is 0 Å². The van der Waals surface area contributed by atoms with Crippen LogP contribution in [0.4, 0.5) is 0 Å². The summed E-state index contributed by atoms with van der Waals surface area (Å²) < 4.78 is 0. The third-order valence-corrected chi connectivity index (χ3v) is 3.36. The van der Waals surface area contributed by atoms with E-state index in [2.05, 4.69) is 52.8 Å². The topological polar surface area (TPSA) is 26.0 Å². The summed E-state index contributed by atoms with van der Waals surface area (Å²) >= 11 is 0. The fraction of sp³-hybridized carbons (Fsp3) is 0.600. The number of aryl methyl sites for hydroxylation is 1. The van der Waals surface area contributed by atoms with Crippen molar-refractivity contribution in [3.63, 3.8) is 0 Å². The maximum Gasteiger partial charge on any atom is -0.000824 e. The molecule has 0 saturated heterocycles. The van der Waals surface area contributed by atoms with Gasteiger partial charge in [0.15, 0.2) is 0 Å². The number of benzene rings is 1. The molecule has 0 aliphatic rings. The molecule has 0 saturated carbocycles. The van der Waals surface area contributed by atoms with Crippen molar-refractivity contribution in [1.82, 2.24) is 0 Å². The molecule has 1 unspecified atom stereocenters. The summed E-state index contributed by atoms with van der Waals surface area (Å²) in [6.45, 7) is 11.9. The molecule has 0 fully saturated rings. The standard InChI is InChI=1S/C15H25N/c1-6-12(10-16)14-9-13(15(3,4)5)8-7-11(14)2/h7-9,12H,6,10,16H2,1-5H3. The number of hydrogen-bond donors (Lipinski definition) is 1. The van der Waals surface area contributed by atoms with E-state index in [0.717, 1.165) is 13.0 Å². The van der Waals surface area contributed by atoms with E-state index in [4.69, 9.17) is 5.73 Å². The van der Waals surface area contributed by atoms with E-state index in [-0.39, 0.29) is 5.41 Å². The molecule has 2 N–H and O–H groups in total. The van der Waals surface area contributed by atoms with Crippen molar-refractivity contribution in [1.29, 1.82) is 0 Å². The Labute approximate surface area is 100 Å². The molecule has 90 valence electrons. The predicted octanol–water partition coefficient (Wildman–Crippen LogP) is 3.74. The lowest BCUT2D eigenvalue weighted by Gasteiger charge is -2.23. The highest BCUT2D eigenvalue weighted by Gasteiger charge is 2.17. The second-order valence-corrected chi connectivity index (χ2v) is 5.66. The minimum absolute atomic E-state index is 0.218. The zero-order valence-electron chi connectivity index (χ0n) is 11.3. The zero-order chi connectivity index (χ0) is 12.3. The van der Waals surface area contributed by atoms with E-state index < -0.39 is 0 Å². The van der Waals surface area contributed by atoms with Crippen LogP contribution < -0.4 is 5.73 Å². The molecule has 1 atom stereocenters. The first kappa shape index (κ1) is 13.2. The lowest BCUT2D eigenvalue weighted by atomic mass is 9.82. The van der Waals surface area contributed by atoms with E-state index in [0.29, 0.717) is 5.92 Å². The molecule has 1 nitrogen and oxygen atoms in total. The second kappa shape index (κ2) is 5.01. The van der Waals surface area contributed by atoms with Crippen LogP contribution in [-0.4, -0.2) is 6.54 Å². The monoisotopic (exact) mass is 219 g/mol. The van der Waals surface area contributed by atoms with Crippen LogP contribution in [0.25, 0.3) is 0 Å². The van der Waals surface area contributed by atoms with Crippen LogP contribution >= 0.6 is 0 Å². The van der Waals surface area contributed by atoms with E-state index in [1.54, 1.807) is 0 Å². The molecule has 0 heterocycles. The molecule has 16 heavy (non-hydrogen) atoms. The van der Waals surface area contributed by atoms with Crippen LogP contribution in [0, 0.1) is 6.92 Å². The molecule has 0 aromatic heterocycles. The van der Waals surface area contributed by atoms with Gasteiger partial charge >= 0.3 is 0 Å². The number of hydrogen-bond acceptors (Lipinski definition) is 1. The van der Waals surface area contributed by atoms with Gasteiger partial charge in [0.2, 0.25) is 0 Å². The summed E-state index contributed by atoms with van der Waals surface area (Å²) in [6.07, 6.45) is 1.12. The largest absolute Gasteiger partial charge is 0.330 e. The molecule has 0 amide bonds. The Kier molecular flexibility index (Phi) is 4.15. The molecule has 0 bridgehead atoms. The van der Waals surface area contributed by atoms with Crippen LogP contribution in [-0.2, 0) is 5.41 Å². The van der Waals surface area contributed by atoms with Gasteiger partial charge in [-0.15, -0.1) is 0 Å². The third-order valence-electron chi connectivity index (χ3n) is 3.36. The minimum Gasteiger partial charge on any atom is -0.330 e. The molecule has 1 aromatic rings. The molecule has 0 aliphatic heterocycles. The predicted molar refractivity (Wildman–Crippen MR) is 72.0 cm³/mol. The highest BCUT2D eigenvalue weighted by atomic mass is 14.5. The Balaban J connectivity index is 3.18. The summed E-state index contributed by atoms with van der Waals surface area (Å²) in [5.74, 6) is 0.502. The summed E-state index contributed by atoms with van der Waals surface area (Å²) in [4.78, 5) is 0. The lowest BCUT2D eigenvalue weighted by molar-refractivity contribution is 0.585. The molecular formula is C15H25N. The maximum atomic E-state index is 5.84. The van der Waals surface area contributed by atoms with Crippen LogP contribution in [0.1, 0.15) is 56.7 Å². The van der Waals surface area contributed by atoms with E-state index in [1.807, 2.05) is 0 Å². The normalized spacial score (nSPS) is 13.9. The molecule has 0 spiro atoms. The van der Waals surface area contributed by atoms with Crippen molar-refractivity contribution in [2.45, 2.75) is 52.4 Å². The molecule has 0 radical (unpaired) electrons. The Morgan fingerprint density at radius 1 is 1.25 bits per heavy atom. The van der Waals surface area contributed by atoms with E-state index >= 15 is 0 Å². The second-order valence-electron chi connectivity index (χ2n) is 5.66. The van der Waals surface area contributed by atoms with Gasteiger partial charge in [0.05, 0.1) is 0 Å². The average Bonchev–Trinajstić information content (AvgIpc) is 2.20. The van der Waals surface area contributed by atoms with Crippen LogP contribution in [0.2, 0.25) is 0 Å². The Bertz CT molecular complexity index is 343. The first-order chi connectivity index (χ1) is 7.40. The Morgan fingerprint density at radius 3 is 2.31 bits per heavy atom. The van der Waals surface area contributed by atoms with Gasteiger partial charge in [0.25, 0.3) is 0 Å². The van der Waals surface area contributed by atoms with Gasteiger partial charge < -0.3 is 5.73 Å². The number of rotatable bonds is 3. The number of nitrogens with two attached hydrogens (primary N) is 1. The summed E-state index contributed by atoms with van der Waals surface area (Å²) in [7, 11) is 0. The summed E-state index contributed by atoms with van der Waals surface area (Å²) in [5, 5.41) is 0. The van der Waals surface area contributed by atoms with Gasteiger partial charge in [0.1, 0.15) is 0 Å². The van der Waals surface area contributed by atoms with Crippen LogP contribution in [0.5, 0.6) is 0 Å². The quantitative estimate of drug-likeness (QED) is 0.823. The molecule has 1 heteroatoms. The zero-order valence-corrected chi connectivity index (χ0v) is 11.3. The van der Waals surface area contributed by atoms with Gasteiger partial charge in [-0.1, -0.05) is 45.9 Å². The maximum absolute atomic E-state index is 5.84. The molecule has 0 aliphatic carbocycles. The molecule has 1 rings (SSSR count). The lowest BCUT2D eigenvalue weighted by Crippen LogP contribution is -2.16. The van der Waals surface area contributed by atoms with E-state index in [1.165, 1.54) is 16.7 Å². The van der Waals surface area contributed by atoms with E-state index in [9.17, 15) is 0 Å². The van der Waals surface area contributed by atoms with Crippen molar-refractivity contribution in [3.8, 4) is 0 Å². The van der Waals surface area contributed by atoms with Crippen LogP contribution in [0.3, 0.4) is 0 Å². The Morgan fingerprint density at radius 2 is 1.88 bits per heavy atom. The van der Waals surface area contributed by atoms with Gasteiger partial charge in [-0.05, 0) is 47.9 Å². The van der Waals surface area contributed by atoms with Crippen molar-refractivity contribution in [3.05, 3.63) is 34.9 Å². The fourth-order valence-corrected chi connectivity index (χ4v) is 2.06. The smallest absolute Gasteiger partial charge is 0.000824 e. The van der Waals surface area contributed by atoms with Crippen molar-refractivity contribution in [2.75, 3.05) is 6.54 Å². The van der Waals surface area contributed by atoms with Crippen molar-refractivity contribution >= 4 is 0 Å². The summed E-state index contributed by atoms with van der Waals surface area (Å²) in [5.41, 5.74) is 10.3. The Hall–Kier alpha value is -0.820. The van der Waals surface area contributed by atoms with Crippen molar-refractivity contribution < 1.29 is 0 Å². The van der Waals surface area contributed by atoms with Crippen molar-refractivity contribution in [2.24, 2.45) is 5.73 Å².